The number of phenolic OH excluding ortho intramolecular Hbond substituents is 2. The smallest absolute Gasteiger partial charge is 0.124 e. The van der Waals surface area contributed by atoms with E-state index >= 15 is 0 Å². The first-order valence-corrected chi connectivity index (χ1v) is 5.34. The van der Waals surface area contributed by atoms with E-state index in [2.05, 4.69) is 4.99 Å². The number of halogens is 1. The van der Waals surface area contributed by atoms with E-state index < -0.39 is 0 Å². The lowest BCUT2D eigenvalue weighted by atomic mass is 10.2. The Labute approximate surface area is 104 Å². The molecule has 0 spiro atoms. The van der Waals surface area contributed by atoms with Gasteiger partial charge in [-0.3, -0.25) is 4.99 Å². The largest absolute Gasteiger partial charge is 0.508 e. The van der Waals surface area contributed by atoms with Crippen LogP contribution in [0.2, 0.25) is 5.02 Å². The van der Waals surface area contributed by atoms with E-state index in [1.165, 1.54) is 24.4 Å². The summed E-state index contributed by atoms with van der Waals surface area (Å²) in [6.45, 7) is 0. The van der Waals surface area contributed by atoms with E-state index in [9.17, 15) is 10.2 Å². The predicted octanol–water partition coefficient (Wildman–Crippen LogP) is 3.50. The monoisotopic (exact) mass is 247 g/mol. The van der Waals surface area contributed by atoms with Crippen molar-refractivity contribution in [2.24, 2.45) is 4.99 Å². The lowest BCUT2D eigenvalue weighted by molar-refractivity contribution is 0.459. The standard InChI is InChI=1S/C13H10ClNO2/c14-10-1-3-11(4-2-10)15-8-9-7-12(16)5-6-13(9)17/h1-8,16-17H. The number of aromatic hydroxyl groups is 2. The third kappa shape index (κ3) is 2.98. The molecule has 17 heavy (non-hydrogen) atoms. The van der Waals surface area contributed by atoms with E-state index in [1.54, 1.807) is 24.3 Å². The fourth-order valence-corrected chi connectivity index (χ4v) is 1.44. The normalized spacial score (nSPS) is 10.9. The zero-order valence-electron chi connectivity index (χ0n) is 8.84. The van der Waals surface area contributed by atoms with Crippen LogP contribution in [0.15, 0.2) is 47.5 Å². The Morgan fingerprint density at radius 1 is 1.00 bits per heavy atom. The van der Waals surface area contributed by atoms with Gasteiger partial charge in [0, 0.05) is 16.8 Å². The number of nitrogens with zero attached hydrogens (tertiary/aromatic N) is 1. The number of rotatable bonds is 2. The molecule has 0 aromatic heterocycles. The molecular formula is C13H10ClNO2. The van der Waals surface area contributed by atoms with E-state index in [-0.39, 0.29) is 11.5 Å². The summed E-state index contributed by atoms with van der Waals surface area (Å²) in [5.41, 5.74) is 1.18. The summed E-state index contributed by atoms with van der Waals surface area (Å²) in [6.07, 6.45) is 1.48. The lowest BCUT2D eigenvalue weighted by Crippen LogP contribution is -1.81. The van der Waals surface area contributed by atoms with Crippen LogP contribution in [-0.4, -0.2) is 16.4 Å². The van der Waals surface area contributed by atoms with Crippen molar-refractivity contribution in [2.45, 2.75) is 0 Å². The molecule has 2 rings (SSSR count). The van der Waals surface area contributed by atoms with Crippen molar-refractivity contribution in [2.75, 3.05) is 0 Å². The highest BCUT2D eigenvalue weighted by molar-refractivity contribution is 6.30. The summed E-state index contributed by atoms with van der Waals surface area (Å²) in [6, 6.07) is 11.3. The van der Waals surface area contributed by atoms with Crippen LogP contribution in [0.4, 0.5) is 5.69 Å². The molecule has 2 aromatic rings. The molecule has 4 heteroatoms. The fraction of sp³-hybridized carbons (Fsp3) is 0. The van der Waals surface area contributed by atoms with Crippen LogP contribution in [0.5, 0.6) is 11.5 Å². The van der Waals surface area contributed by atoms with Gasteiger partial charge in [-0.1, -0.05) is 11.6 Å². The molecule has 2 N–H and O–H groups in total. The van der Waals surface area contributed by atoms with Gasteiger partial charge in [0.05, 0.1) is 5.69 Å². The quantitative estimate of drug-likeness (QED) is 0.630. The van der Waals surface area contributed by atoms with Gasteiger partial charge < -0.3 is 10.2 Å². The Bertz CT molecular complexity index is 550. The van der Waals surface area contributed by atoms with Gasteiger partial charge in [-0.25, -0.2) is 0 Å². The van der Waals surface area contributed by atoms with Gasteiger partial charge in [0.1, 0.15) is 11.5 Å². The number of phenols is 2. The average molecular weight is 248 g/mol. The van der Waals surface area contributed by atoms with Gasteiger partial charge in [0.25, 0.3) is 0 Å². The van der Waals surface area contributed by atoms with Crippen LogP contribution in [0.1, 0.15) is 5.56 Å². The van der Waals surface area contributed by atoms with Gasteiger partial charge in [-0.2, -0.15) is 0 Å². The second kappa shape index (κ2) is 4.89. The Kier molecular flexibility index (Phi) is 3.30. The highest BCUT2D eigenvalue weighted by Gasteiger charge is 1.99. The van der Waals surface area contributed by atoms with Crippen LogP contribution in [-0.2, 0) is 0 Å². The predicted molar refractivity (Wildman–Crippen MR) is 68.5 cm³/mol. The molecule has 0 saturated carbocycles. The van der Waals surface area contributed by atoms with Crippen molar-refractivity contribution in [3.05, 3.63) is 53.1 Å². The second-order valence-corrected chi connectivity index (χ2v) is 3.91. The lowest BCUT2D eigenvalue weighted by Gasteiger charge is -1.99. The Balaban J connectivity index is 2.25. The molecule has 0 amide bonds. The molecule has 0 aliphatic heterocycles. The summed E-state index contributed by atoms with van der Waals surface area (Å²) in [5.74, 6) is 0.154. The summed E-state index contributed by atoms with van der Waals surface area (Å²) in [7, 11) is 0. The maximum absolute atomic E-state index is 9.53. The molecule has 3 nitrogen and oxygen atoms in total. The highest BCUT2D eigenvalue weighted by atomic mass is 35.5. The summed E-state index contributed by atoms with van der Waals surface area (Å²) in [5, 5.41) is 19.5. The van der Waals surface area contributed by atoms with E-state index in [0.717, 1.165) is 5.69 Å². The van der Waals surface area contributed by atoms with Crippen LogP contribution in [0, 0.1) is 0 Å². The molecule has 2 aromatic carbocycles. The highest BCUT2D eigenvalue weighted by Crippen LogP contribution is 2.22. The van der Waals surface area contributed by atoms with Gasteiger partial charge in [-0.15, -0.1) is 0 Å². The first kappa shape index (κ1) is 11.5. The van der Waals surface area contributed by atoms with Gasteiger partial charge in [0.15, 0.2) is 0 Å². The van der Waals surface area contributed by atoms with Gasteiger partial charge in [0.2, 0.25) is 0 Å². The number of benzene rings is 2. The van der Waals surface area contributed by atoms with Crippen LogP contribution < -0.4 is 0 Å². The topological polar surface area (TPSA) is 52.8 Å². The number of hydrogen-bond donors (Lipinski definition) is 2. The van der Waals surface area contributed by atoms with Crippen molar-refractivity contribution in [3.63, 3.8) is 0 Å². The first-order chi connectivity index (χ1) is 8.15. The van der Waals surface area contributed by atoms with Crippen molar-refractivity contribution in [1.82, 2.24) is 0 Å². The van der Waals surface area contributed by atoms with Crippen molar-refractivity contribution in [1.29, 1.82) is 0 Å². The first-order valence-electron chi connectivity index (χ1n) is 4.97. The fourth-order valence-electron chi connectivity index (χ4n) is 1.32. The minimum atomic E-state index is 0.0699. The Morgan fingerprint density at radius 3 is 2.41 bits per heavy atom. The zero-order chi connectivity index (χ0) is 12.3. The zero-order valence-corrected chi connectivity index (χ0v) is 9.59. The van der Waals surface area contributed by atoms with E-state index in [1.807, 2.05) is 0 Å². The molecule has 0 atom stereocenters. The number of aliphatic imine (C=N–C) groups is 1. The number of hydrogen-bond acceptors (Lipinski definition) is 3. The molecule has 0 fully saturated rings. The average Bonchev–Trinajstić information content (AvgIpc) is 2.32. The third-order valence-corrected chi connectivity index (χ3v) is 2.44. The van der Waals surface area contributed by atoms with Gasteiger partial charge in [-0.05, 0) is 42.5 Å². The van der Waals surface area contributed by atoms with Crippen molar-refractivity contribution < 1.29 is 10.2 Å². The molecule has 0 heterocycles. The van der Waals surface area contributed by atoms with Crippen LogP contribution in [0.3, 0.4) is 0 Å². The summed E-state index contributed by atoms with van der Waals surface area (Å²) >= 11 is 5.75. The molecule has 0 saturated heterocycles. The molecule has 0 unspecified atom stereocenters. The molecular weight excluding hydrogens is 238 g/mol. The maximum Gasteiger partial charge on any atom is 0.124 e. The third-order valence-electron chi connectivity index (χ3n) is 2.19. The second-order valence-electron chi connectivity index (χ2n) is 3.48. The Morgan fingerprint density at radius 2 is 1.71 bits per heavy atom. The summed E-state index contributed by atoms with van der Waals surface area (Å²) < 4.78 is 0. The van der Waals surface area contributed by atoms with E-state index in [4.69, 9.17) is 11.6 Å². The van der Waals surface area contributed by atoms with Crippen LogP contribution >= 0.6 is 11.6 Å². The summed E-state index contributed by atoms with van der Waals surface area (Å²) in [4.78, 5) is 4.16. The van der Waals surface area contributed by atoms with Crippen LogP contribution in [0.25, 0.3) is 0 Å². The Hall–Kier alpha value is -2.00. The van der Waals surface area contributed by atoms with E-state index in [0.29, 0.717) is 10.6 Å². The van der Waals surface area contributed by atoms with Crippen molar-refractivity contribution in [3.8, 4) is 11.5 Å². The van der Waals surface area contributed by atoms with Gasteiger partial charge >= 0.3 is 0 Å². The minimum absolute atomic E-state index is 0.0699. The minimum Gasteiger partial charge on any atom is -0.508 e. The van der Waals surface area contributed by atoms with Crippen molar-refractivity contribution >= 4 is 23.5 Å². The molecule has 0 radical (unpaired) electrons. The molecule has 0 aliphatic rings. The SMILES string of the molecule is Oc1ccc(O)c(C=Nc2ccc(Cl)cc2)c1. The molecule has 86 valence electrons. The molecule has 0 aliphatic carbocycles. The maximum atomic E-state index is 9.53. The molecule has 0 bridgehead atoms.